The molecule has 0 bridgehead atoms. The molecule has 0 fully saturated rings. The van der Waals surface area contributed by atoms with Crippen LogP contribution < -0.4 is 15.8 Å². The molecular weight excluding hydrogens is 250 g/mol. The first-order chi connectivity index (χ1) is 9.67. The molecule has 2 aromatic rings. The summed E-state index contributed by atoms with van der Waals surface area (Å²) < 4.78 is 5.46. The maximum Gasteiger partial charge on any atom is 0.128 e. The number of anilines is 1. The average Bonchev–Trinajstić information content (AvgIpc) is 2.47. The van der Waals surface area contributed by atoms with Crippen LogP contribution in [0.3, 0.4) is 0 Å². The molecule has 0 aliphatic carbocycles. The Balaban J connectivity index is 2.53. The summed E-state index contributed by atoms with van der Waals surface area (Å²) in [4.78, 5) is 4.26. The van der Waals surface area contributed by atoms with Gasteiger partial charge in [0.05, 0.1) is 13.2 Å². The predicted octanol–water partition coefficient (Wildman–Crippen LogP) is 2.68. The summed E-state index contributed by atoms with van der Waals surface area (Å²) in [5.74, 6) is 1.40. The fourth-order valence-corrected chi connectivity index (χ4v) is 2.33. The van der Waals surface area contributed by atoms with E-state index in [1.54, 1.807) is 13.3 Å². The highest BCUT2D eigenvalue weighted by atomic mass is 16.5. The number of ether oxygens (including phenoxy) is 1. The molecule has 0 aliphatic heterocycles. The van der Waals surface area contributed by atoms with Crippen LogP contribution in [0.5, 0.6) is 5.75 Å². The van der Waals surface area contributed by atoms with Crippen molar-refractivity contribution in [3.05, 3.63) is 53.2 Å². The van der Waals surface area contributed by atoms with E-state index in [4.69, 9.17) is 10.5 Å². The lowest BCUT2D eigenvalue weighted by molar-refractivity contribution is 0.404. The van der Waals surface area contributed by atoms with Gasteiger partial charge in [-0.1, -0.05) is 25.1 Å². The van der Waals surface area contributed by atoms with Crippen molar-refractivity contribution in [1.29, 1.82) is 0 Å². The van der Waals surface area contributed by atoms with Crippen LogP contribution in [0.15, 0.2) is 36.5 Å². The number of nitrogens with two attached hydrogens (primary N) is 1. The van der Waals surface area contributed by atoms with Gasteiger partial charge in [-0.2, -0.15) is 0 Å². The van der Waals surface area contributed by atoms with Crippen molar-refractivity contribution in [2.75, 3.05) is 19.4 Å². The second-order valence-electron chi connectivity index (χ2n) is 4.72. The fraction of sp³-hybridized carbons (Fsp3) is 0.312. The van der Waals surface area contributed by atoms with Gasteiger partial charge in [-0.25, -0.2) is 4.98 Å². The third-order valence-corrected chi connectivity index (χ3v) is 3.26. The molecular formula is C16H21N3O. The highest BCUT2D eigenvalue weighted by molar-refractivity contribution is 5.50. The van der Waals surface area contributed by atoms with Gasteiger partial charge < -0.3 is 15.8 Å². The fourth-order valence-electron chi connectivity index (χ4n) is 2.33. The van der Waals surface area contributed by atoms with Gasteiger partial charge >= 0.3 is 0 Å². The number of hydrogen-bond donors (Lipinski definition) is 2. The van der Waals surface area contributed by atoms with E-state index in [2.05, 4.69) is 23.3 Å². The van der Waals surface area contributed by atoms with Gasteiger partial charge in [0.15, 0.2) is 0 Å². The molecule has 1 unspecified atom stereocenters. The van der Waals surface area contributed by atoms with Crippen molar-refractivity contribution in [3.63, 3.8) is 0 Å². The van der Waals surface area contributed by atoms with E-state index in [0.29, 0.717) is 5.82 Å². The van der Waals surface area contributed by atoms with E-state index in [1.807, 2.05) is 31.2 Å². The maximum atomic E-state index is 6.06. The molecule has 0 amide bonds. The quantitative estimate of drug-likeness (QED) is 0.877. The van der Waals surface area contributed by atoms with Gasteiger partial charge in [0, 0.05) is 17.3 Å². The van der Waals surface area contributed by atoms with Crippen molar-refractivity contribution in [1.82, 2.24) is 10.3 Å². The van der Waals surface area contributed by atoms with Crippen LogP contribution in [0.4, 0.5) is 5.82 Å². The van der Waals surface area contributed by atoms with E-state index < -0.39 is 0 Å². The SMILES string of the molecule is CCNC(c1ccccc1OC)c1cc(C)cnc1N. The number of nitrogens with one attached hydrogen (secondary N) is 1. The maximum absolute atomic E-state index is 6.06. The van der Waals surface area contributed by atoms with Gasteiger partial charge in [-0.3, -0.25) is 0 Å². The average molecular weight is 271 g/mol. The van der Waals surface area contributed by atoms with Gasteiger partial charge in [0.1, 0.15) is 11.6 Å². The van der Waals surface area contributed by atoms with E-state index in [9.17, 15) is 0 Å². The minimum absolute atomic E-state index is 0.0245. The molecule has 0 aliphatic rings. The Labute approximate surface area is 120 Å². The van der Waals surface area contributed by atoms with Crippen molar-refractivity contribution in [3.8, 4) is 5.75 Å². The van der Waals surface area contributed by atoms with Crippen molar-refractivity contribution in [2.24, 2.45) is 0 Å². The van der Waals surface area contributed by atoms with Crippen molar-refractivity contribution < 1.29 is 4.74 Å². The van der Waals surface area contributed by atoms with Gasteiger partial charge in [-0.15, -0.1) is 0 Å². The number of nitrogen functional groups attached to an aromatic ring is 1. The Morgan fingerprint density at radius 3 is 2.75 bits per heavy atom. The Morgan fingerprint density at radius 2 is 2.05 bits per heavy atom. The zero-order chi connectivity index (χ0) is 14.5. The third-order valence-electron chi connectivity index (χ3n) is 3.26. The number of rotatable bonds is 5. The summed E-state index contributed by atoms with van der Waals surface area (Å²) in [6.45, 7) is 4.92. The van der Waals surface area contributed by atoms with Crippen LogP contribution in [0.1, 0.15) is 29.7 Å². The first-order valence-corrected chi connectivity index (χ1v) is 6.75. The largest absolute Gasteiger partial charge is 0.496 e. The van der Waals surface area contributed by atoms with E-state index in [1.165, 1.54) is 0 Å². The molecule has 1 atom stereocenters. The zero-order valence-electron chi connectivity index (χ0n) is 12.2. The lowest BCUT2D eigenvalue weighted by Crippen LogP contribution is -2.24. The molecule has 106 valence electrons. The van der Waals surface area contributed by atoms with Crippen LogP contribution in [-0.2, 0) is 0 Å². The minimum atomic E-state index is -0.0245. The molecule has 0 spiro atoms. The Hall–Kier alpha value is -2.07. The number of benzene rings is 1. The second kappa shape index (κ2) is 6.39. The lowest BCUT2D eigenvalue weighted by Gasteiger charge is -2.22. The summed E-state index contributed by atoms with van der Waals surface area (Å²) in [5.41, 5.74) is 9.20. The predicted molar refractivity (Wildman–Crippen MR) is 81.9 cm³/mol. The first kappa shape index (κ1) is 14.3. The normalized spacial score (nSPS) is 12.2. The second-order valence-corrected chi connectivity index (χ2v) is 4.72. The number of para-hydroxylation sites is 1. The summed E-state index contributed by atoms with van der Waals surface area (Å²) >= 11 is 0. The molecule has 3 N–H and O–H groups in total. The number of nitrogens with zero attached hydrogens (tertiary/aromatic N) is 1. The standard InChI is InChI=1S/C16H21N3O/c1-4-18-15(12-7-5-6-8-14(12)20-3)13-9-11(2)10-19-16(13)17/h5-10,15,18H,4H2,1-3H3,(H2,17,19). The lowest BCUT2D eigenvalue weighted by atomic mass is 9.97. The Morgan fingerprint density at radius 1 is 1.30 bits per heavy atom. The number of hydrogen-bond acceptors (Lipinski definition) is 4. The van der Waals surface area contributed by atoms with E-state index in [0.717, 1.165) is 29.0 Å². The van der Waals surface area contributed by atoms with Crippen LogP contribution in [0.25, 0.3) is 0 Å². The van der Waals surface area contributed by atoms with Crippen LogP contribution in [0.2, 0.25) is 0 Å². The van der Waals surface area contributed by atoms with E-state index in [-0.39, 0.29) is 6.04 Å². The Kier molecular flexibility index (Phi) is 4.58. The summed E-state index contributed by atoms with van der Waals surface area (Å²) in [5, 5.41) is 3.46. The van der Waals surface area contributed by atoms with Crippen LogP contribution in [-0.4, -0.2) is 18.6 Å². The van der Waals surface area contributed by atoms with Gasteiger partial charge in [0.2, 0.25) is 0 Å². The van der Waals surface area contributed by atoms with Crippen LogP contribution >= 0.6 is 0 Å². The topological polar surface area (TPSA) is 60.2 Å². The number of methoxy groups -OCH3 is 1. The molecule has 0 radical (unpaired) electrons. The highest BCUT2D eigenvalue weighted by Crippen LogP contribution is 2.32. The first-order valence-electron chi connectivity index (χ1n) is 6.75. The third kappa shape index (κ3) is 2.91. The zero-order valence-corrected chi connectivity index (χ0v) is 12.2. The summed E-state index contributed by atoms with van der Waals surface area (Å²) in [7, 11) is 1.68. The monoisotopic (exact) mass is 271 g/mol. The van der Waals surface area contributed by atoms with Gasteiger partial charge in [-0.05, 0) is 31.2 Å². The van der Waals surface area contributed by atoms with Crippen LogP contribution in [0, 0.1) is 6.92 Å². The smallest absolute Gasteiger partial charge is 0.128 e. The molecule has 1 aromatic carbocycles. The molecule has 4 nitrogen and oxygen atoms in total. The van der Waals surface area contributed by atoms with Gasteiger partial charge in [0.25, 0.3) is 0 Å². The Bertz CT molecular complexity index is 584. The summed E-state index contributed by atoms with van der Waals surface area (Å²) in [6.07, 6.45) is 1.78. The molecule has 2 rings (SSSR count). The highest BCUT2D eigenvalue weighted by Gasteiger charge is 2.20. The number of aromatic nitrogens is 1. The number of pyridine rings is 1. The molecule has 20 heavy (non-hydrogen) atoms. The van der Waals surface area contributed by atoms with Crippen molar-refractivity contribution in [2.45, 2.75) is 19.9 Å². The molecule has 4 heteroatoms. The van der Waals surface area contributed by atoms with Crippen molar-refractivity contribution >= 4 is 5.82 Å². The molecule has 1 aromatic heterocycles. The number of aryl methyl sites for hydroxylation is 1. The molecule has 0 saturated carbocycles. The minimum Gasteiger partial charge on any atom is -0.496 e. The molecule has 0 saturated heterocycles. The van der Waals surface area contributed by atoms with E-state index >= 15 is 0 Å². The summed E-state index contributed by atoms with van der Waals surface area (Å²) in [6, 6.07) is 10.0. The molecule has 1 heterocycles.